The van der Waals surface area contributed by atoms with Gasteiger partial charge >= 0.3 is 11.9 Å². The zero-order chi connectivity index (χ0) is 21.3. The Kier molecular flexibility index (Phi) is 5.54. The van der Waals surface area contributed by atoms with Gasteiger partial charge in [0, 0.05) is 12.6 Å². The molecule has 3 N–H and O–H groups in total. The summed E-state index contributed by atoms with van der Waals surface area (Å²) in [6.45, 7) is 0.932. The van der Waals surface area contributed by atoms with Gasteiger partial charge in [0.1, 0.15) is 0 Å². The molecule has 2 fully saturated rings. The molecular formula is C20H22N2O7. The van der Waals surface area contributed by atoms with Crippen molar-refractivity contribution >= 4 is 23.8 Å². The molecule has 3 rings (SSSR count). The van der Waals surface area contributed by atoms with Crippen LogP contribution in [0.2, 0.25) is 0 Å². The number of aliphatic carboxylic acids is 1. The Morgan fingerprint density at radius 3 is 2.41 bits per heavy atom. The zero-order valence-electron chi connectivity index (χ0n) is 16.0. The van der Waals surface area contributed by atoms with Gasteiger partial charge in [-0.25, -0.2) is 4.79 Å². The number of allylic oxidation sites excluding steroid dienone is 1. The lowest BCUT2D eigenvalue weighted by molar-refractivity contribution is -0.153. The minimum Gasteiger partial charge on any atom is -0.480 e. The molecule has 4 unspecified atom stereocenters. The van der Waals surface area contributed by atoms with Crippen molar-refractivity contribution in [1.82, 2.24) is 10.2 Å². The number of carboxylic acids is 1. The molecule has 0 radical (unpaired) electrons. The molecule has 2 amide bonds. The number of fused-ring (bicyclic) bond motifs is 1. The standard InChI is InChI=1S/C20H22N2O7/c1-3-4-9-22-16(24)13-14(17(22)25)20(10-23,19(27)28)21-15(13)11-5-7-12(8-6-11)18(26)29-2/h3-8,13-15,21,23H,9-10H2,1-2H3,(H,27,28). The highest BCUT2D eigenvalue weighted by Gasteiger charge is 2.68. The van der Waals surface area contributed by atoms with E-state index in [2.05, 4.69) is 10.1 Å². The van der Waals surface area contributed by atoms with Gasteiger partial charge in [-0.15, -0.1) is 0 Å². The minimum atomic E-state index is -1.98. The average molecular weight is 402 g/mol. The van der Waals surface area contributed by atoms with Crippen LogP contribution in [0.1, 0.15) is 28.9 Å². The molecule has 0 spiro atoms. The number of esters is 1. The van der Waals surface area contributed by atoms with Gasteiger partial charge < -0.3 is 14.9 Å². The number of nitrogens with one attached hydrogen (secondary N) is 1. The summed E-state index contributed by atoms with van der Waals surface area (Å²) in [4.78, 5) is 50.7. The number of methoxy groups -OCH3 is 1. The van der Waals surface area contributed by atoms with Gasteiger partial charge in [-0.05, 0) is 24.6 Å². The molecule has 29 heavy (non-hydrogen) atoms. The van der Waals surface area contributed by atoms with Gasteiger partial charge in [-0.1, -0.05) is 24.3 Å². The van der Waals surface area contributed by atoms with E-state index in [1.165, 1.54) is 19.2 Å². The molecule has 9 heteroatoms. The smallest absolute Gasteiger partial charge is 0.337 e. The lowest BCUT2D eigenvalue weighted by atomic mass is 9.79. The number of aliphatic hydroxyl groups is 1. The number of rotatable bonds is 6. The fourth-order valence-electron chi connectivity index (χ4n) is 4.09. The molecule has 2 aliphatic rings. The highest BCUT2D eigenvalue weighted by atomic mass is 16.5. The Morgan fingerprint density at radius 1 is 1.24 bits per heavy atom. The Balaban J connectivity index is 2.05. The summed E-state index contributed by atoms with van der Waals surface area (Å²) in [5.41, 5.74) is -1.16. The first-order valence-corrected chi connectivity index (χ1v) is 9.09. The van der Waals surface area contributed by atoms with Crippen molar-refractivity contribution in [3.8, 4) is 0 Å². The highest BCUT2D eigenvalue weighted by Crippen LogP contribution is 2.48. The second-order valence-electron chi connectivity index (χ2n) is 7.03. The predicted molar refractivity (Wildman–Crippen MR) is 99.6 cm³/mol. The summed E-state index contributed by atoms with van der Waals surface area (Å²) in [7, 11) is 1.25. The van der Waals surface area contributed by atoms with E-state index in [0.29, 0.717) is 11.1 Å². The van der Waals surface area contributed by atoms with Crippen LogP contribution < -0.4 is 5.32 Å². The van der Waals surface area contributed by atoms with Gasteiger partial charge in [-0.2, -0.15) is 0 Å². The van der Waals surface area contributed by atoms with E-state index in [-0.39, 0.29) is 6.54 Å². The number of carbonyl (C=O) groups excluding carboxylic acids is 3. The number of carbonyl (C=O) groups is 4. The van der Waals surface area contributed by atoms with Crippen molar-refractivity contribution < 1.29 is 34.1 Å². The summed E-state index contributed by atoms with van der Waals surface area (Å²) < 4.78 is 4.66. The van der Waals surface area contributed by atoms with E-state index >= 15 is 0 Å². The van der Waals surface area contributed by atoms with Crippen LogP contribution in [0, 0.1) is 11.8 Å². The van der Waals surface area contributed by atoms with E-state index in [0.717, 1.165) is 4.90 Å². The van der Waals surface area contributed by atoms with Crippen LogP contribution in [0.5, 0.6) is 0 Å². The van der Waals surface area contributed by atoms with E-state index in [1.807, 2.05) is 0 Å². The van der Waals surface area contributed by atoms with Gasteiger partial charge in [0.2, 0.25) is 11.8 Å². The second-order valence-corrected chi connectivity index (χ2v) is 7.03. The molecule has 2 aliphatic heterocycles. The quantitative estimate of drug-likeness (QED) is 0.347. The van der Waals surface area contributed by atoms with Gasteiger partial charge in [0.25, 0.3) is 0 Å². The molecule has 2 saturated heterocycles. The Morgan fingerprint density at radius 2 is 1.90 bits per heavy atom. The zero-order valence-corrected chi connectivity index (χ0v) is 16.0. The number of hydrogen-bond acceptors (Lipinski definition) is 7. The molecule has 2 heterocycles. The maximum absolute atomic E-state index is 13.0. The molecular weight excluding hydrogens is 380 g/mol. The monoisotopic (exact) mass is 402 g/mol. The van der Waals surface area contributed by atoms with E-state index in [4.69, 9.17) is 0 Å². The van der Waals surface area contributed by atoms with Crippen LogP contribution >= 0.6 is 0 Å². The number of imide groups is 1. The summed E-state index contributed by atoms with van der Waals surface area (Å²) in [5, 5.41) is 22.5. The summed E-state index contributed by atoms with van der Waals surface area (Å²) in [6, 6.07) is 5.32. The number of carboxylic acid groups (broad SMARTS) is 1. The van der Waals surface area contributed by atoms with Gasteiger partial charge in [0.15, 0.2) is 5.54 Å². The van der Waals surface area contributed by atoms with Crippen molar-refractivity contribution in [1.29, 1.82) is 0 Å². The highest BCUT2D eigenvalue weighted by molar-refractivity contribution is 6.09. The van der Waals surface area contributed by atoms with Crippen molar-refractivity contribution in [2.24, 2.45) is 11.8 Å². The fraction of sp³-hybridized carbons (Fsp3) is 0.400. The number of benzene rings is 1. The predicted octanol–water partition coefficient (Wildman–Crippen LogP) is 0.110. The Bertz CT molecular complexity index is 879. The molecule has 1 aromatic rings. The van der Waals surface area contributed by atoms with E-state index < -0.39 is 53.8 Å². The Labute approximate surface area is 166 Å². The first-order valence-electron chi connectivity index (χ1n) is 9.09. The van der Waals surface area contributed by atoms with Crippen LogP contribution in [0.25, 0.3) is 0 Å². The lowest BCUT2D eigenvalue weighted by Gasteiger charge is -2.29. The van der Waals surface area contributed by atoms with Crippen LogP contribution in [0.4, 0.5) is 0 Å². The first-order chi connectivity index (χ1) is 13.8. The third kappa shape index (κ3) is 3.12. The van der Waals surface area contributed by atoms with Crippen LogP contribution in [0.3, 0.4) is 0 Å². The Hall–Kier alpha value is -3.04. The summed E-state index contributed by atoms with van der Waals surface area (Å²) in [5.74, 6) is -5.29. The third-order valence-corrected chi connectivity index (χ3v) is 5.59. The van der Waals surface area contributed by atoms with Crippen molar-refractivity contribution in [3.05, 3.63) is 47.5 Å². The van der Waals surface area contributed by atoms with E-state index in [1.54, 1.807) is 31.2 Å². The molecule has 0 aromatic heterocycles. The van der Waals surface area contributed by atoms with E-state index in [9.17, 15) is 29.4 Å². The molecule has 0 saturated carbocycles. The fourth-order valence-corrected chi connectivity index (χ4v) is 4.09. The molecule has 4 atom stereocenters. The summed E-state index contributed by atoms with van der Waals surface area (Å²) in [6.07, 6.45) is 3.32. The second kappa shape index (κ2) is 7.76. The van der Waals surface area contributed by atoms with Crippen LogP contribution in [-0.4, -0.2) is 64.7 Å². The van der Waals surface area contributed by atoms with Gasteiger partial charge in [0.05, 0.1) is 31.1 Å². The van der Waals surface area contributed by atoms with Crippen LogP contribution in [-0.2, 0) is 19.1 Å². The maximum atomic E-state index is 13.0. The largest absolute Gasteiger partial charge is 0.480 e. The normalized spacial score (nSPS) is 28.8. The SMILES string of the molecule is CC=CCN1C(=O)C2C(c3ccc(C(=O)OC)cc3)NC(CO)(C(=O)O)C2C1=O. The molecule has 154 valence electrons. The minimum absolute atomic E-state index is 0.0380. The number of hydrogen-bond donors (Lipinski definition) is 3. The van der Waals surface area contributed by atoms with Crippen molar-refractivity contribution in [3.63, 3.8) is 0 Å². The molecule has 9 nitrogen and oxygen atoms in total. The number of aliphatic hydroxyl groups excluding tert-OH is 1. The average Bonchev–Trinajstić information content (AvgIpc) is 3.21. The molecule has 0 aliphatic carbocycles. The first kappa shape index (κ1) is 20.7. The number of likely N-dealkylation sites (tertiary alicyclic amines) is 1. The molecule has 0 bridgehead atoms. The third-order valence-electron chi connectivity index (χ3n) is 5.59. The summed E-state index contributed by atoms with van der Waals surface area (Å²) >= 11 is 0. The van der Waals surface area contributed by atoms with Crippen molar-refractivity contribution in [2.75, 3.05) is 20.3 Å². The lowest BCUT2D eigenvalue weighted by Crippen LogP contribution is -2.58. The topological polar surface area (TPSA) is 133 Å². The number of ether oxygens (including phenoxy) is 1. The number of amides is 2. The van der Waals surface area contributed by atoms with Crippen LogP contribution in [0.15, 0.2) is 36.4 Å². The molecule has 1 aromatic carbocycles. The van der Waals surface area contributed by atoms with Gasteiger partial charge in [-0.3, -0.25) is 24.6 Å². The maximum Gasteiger partial charge on any atom is 0.337 e. The van der Waals surface area contributed by atoms with Crippen molar-refractivity contribution in [2.45, 2.75) is 18.5 Å². The number of nitrogens with zero attached hydrogens (tertiary/aromatic N) is 1.